The highest BCUT2D eigenvalue weighted by atomic mass is 16.5. The molecule has 0 spiro atoms. The Labute approximate surface area is 97.2 Å². The molecule has 0 fully saturated rings. The van der Waals surface area contributed by atoms with E-state index in [1.54, 1.807) is 0 Å². The van der Waals surface area contributed by atoms with Crippen molar-refractivity contribution in [3.63, 3.8) is 0 Å². The van der Waals surface area contributed by atoms with Crippen LogP contribution in [0.15, 0.2) is 0 Å². The van der Waals surface area contributed by atoms with E-state index in [1.807, 2.05) is 25.6 Å². The van der Waals surface area contributed by atoms with Crippen molar-refractivity contribution >= 4 is 0 Å². The van der Waals surface area contributed by atoms with E-state index in [0.717, 1.165) is 23.4 Å². The lowest BCUT2D eigenvalue weighted by atomic mass is 10.1. The number of aromatic nitrogens is 2. The van der Waals surface area contributed by atoms with Crippen molar-refractivity contribution in [2.45, 2.75) is 39.7 Å². The van der Waals surface area contributed by atoms with Gasteiger partial charge in [0.25, 0.3) is 0 Å². The minimum absolute atomic E-state index is 0.404. The Bertz CT molecular complexity index is 334. The van der Waals surface area contributed by atoms with Crippen LogP contribution in [0.3, 0.4) is 0 Å². The molecule has 1 aromatic rings. The second-order valence-corrected chi connectivity index (χ2v) is 4.21. The molecule has 92 valence electrons. The zero-order valence-electron chi connectivity index (χ0n) is 10.7. The van der Waals surface area contributed by atoms with Gasteiger partial charge in [0, 0.05) is 25.8 Å². The molecule has 1 heterocycles. The number of nitrogens with zero attached hydrogens (tertiary/aromatic N) is 2. The van der Waals surface area contributed by atoms with E-state index in [0.29, 0.717) is 19.6 Å². The van der Waals surface area contributed by atoms with Gasteiger partial charge in [-0.05, 0) is 25.8 Å². The van der Waals surface area contributed by atoms with Gasteiger partial charge < -0.3 is 9.84 Å². The third kappa shape index (κ3) is 3.32. The molecule has 0 aliphatic carbocycles. The number of aliphatic hydroxyl groups excluding tert-OH is 1. The summed E-state index contributed by atoms with van der Waals surface area (Å²) >= 11 is 0. The van der Waals surface area contributed by atoms with Crippen molar-refractivity contribution in [3.05, 3.63) is 17.0 Å². The zero-order valence-corrected chi connectivity index (χ0v) is 10.7. The van der Waals surface area contributed by atoms with Crippen LogP contribution < -0.4 is 0 Å². The van der Waals surface area contributed by atoms with Crippen LogP contribution in [0.2, 0.25) is 0 Å². The monoisotopic (exact) mass is 226 g/mol. The predicted octanol–water partition coefficient (Wildman–Crippen LogP) is 1.37. The quantitative estimate of drug-likeness (QED) is 0.745. The Morgan fingerprint density at radius 1 is 1.44 bits per heavy atom. The summed E-state index contributed by atoms with van der Waals surface area (Å²) in [5.74, 6) is 0. The summed E-state index contributed by atoms with van der Waals surface area (Å²) in [5, 5.41) is 14.2. The van der Waals surface area contributed by atoms with Gasteiger partial charge >= 0.3 is 0 Å². The summed E-state index contributed by atoms with van der Waals surface area (Å²) in [6.07, 6.45) is 1.17. The number of aryl methyl sites for hydroxylation is 2. The third-order valence-corrected chi connectivity index (χ3v) is 2.76. The molecule has 1 atom stereocenters. The highest BCUT2D eigenvalue weighted by Crippen LogP contribution is 2.14. The van der Waals surface area contributed by atoms with Gasteiger partial charge in [-0.25, -0.2) is 0 Å². The molecule has 1 N–H and O–H groups in total. The Kier molecular flexibility index (Phi) is 4.96. The van der Waals surface area contributed by atoms with Crippen LogP contribution in [0.4, 0.5) is 0 Å². The smallest absolute Gasteiger partial charge is 0.0815 e. The summed E-state index contributed by atoms with van der Waals surface area (Å²) < 4.78 is 7.18. The van der Waals surface area contributed by atoms with Gasteiger partial charge in [0.1, 0.15) is 0 Å². The number of hydrogen-bond donors (Lipinski definition) is 1. The lowest BCUT2D eigenvalue weighted by molar-refractivity contribution is 0.0373. The SMILES string of the molecule is CCCOCC(O)Cc1c(C)nn(C)c1C. The van der Waals surface area contributed by atoms with Crippen LogP contribution in [0.5, 0.6) is 0 Å². The molecule has 0 aliphatic rings. The van der Waals surface area contributed by atoms with Gasteiger partial charge in [-0.15, -0.1) is 0 Å². The van der Waals surface area contributed by atoms with E-state index in [2.05, 4.69) is 12.0 Å². The molecule has 1 aromatic heterocycles. The van der Waals surface area contributed by atoms with Gasteiger partial charge in [-0.3, -0.25) is 4.68 Å². The van der Waals surface area contributed by atoms with Gasteiger partial charge in [0.05, 0.1) is 18.4 Å². The minimum atomic E-state index is -0.437. The number of hydrogen-bond acceptors (Lipinski definition) is 3. The van der Waals surface area contributed by atoms with E-state index >= 15 is 0 Å². The van der Waals surface area contributed by atoms with Crippen molar-refractivity contribution in [2.75, 3.05) is 13.2 Å². The Balaban J connectivity index is 2.52. The van der Waals surface area contributed by atoms with Crippen LogP contribution in [0.25, 0.3) is 0 Å². The third-order valence-electron chi connectivity index (χ3n) is 2.76. The van der Waals surface area contributed by atoms with E-state index in [4.69, 9.17) is 4.74 Å². The van der Waals surface area contributed by atoms with E-state index in [-0.39, 0.29) is 0 Å². The van der Waals surface area contributed by atoms with Crippen LogP contribution in [0, 0.1) is 13.8 Å². The molecule has 4 heteroatoms. The fourth-order valence-corrected chi connectivity index (χ4v) is 1.77. The van der Waals surface area contributed by atoms with Gasteiger partial charge in [0.15, 0.2) is 0 Å². The van der Waals surface area contributed by atoms with E-state index < -0.39 is 6.10 Å². The van der Waals surface area contributed by atoms with Crippen molar-refractivity contribution in [1.82, 2.24) is 9.78 Å². The van der Waals surface area contributed by atoms with Crippen molar-refractivity contribution in [2.24, 2.45) is 7.05 Å². The molecular weight excluding hydrogens is 204 g/mol. The summed E-state index contributed by atoms with van der Waals surface area (Å²) in [7, 11) is 1.92. The first-order valence-electron chi connectivity index (χ1n) is 5.81. The summed E-state index contributed by atoms with van der Waals surface area (Å²) in [6, 6.07) is 0. The fraction of sp³-hybridized carbons (Fsp3) is 0.750. The molecule has 1 unspecified atom stereocenters. The Morgan fingerprint density at radius 3 is 2.62 bits per heavy atom. The maximum atomic E-state index is 9.83. The molecule has 0 saturated heterocycles. The Hall–Kier alpha value is -0.870. The summed E-state index contributed by atoms with van der Waals surface area (Å²) in [4.78, 5) is 0. The van der Waals surface area contributed by atoms with Crippen molar-refractivity contribution in [1.29, 1.82) is 0 Å². The highest BCUT2D eigenvalue weighted by Gasteiger charge is 2.13. The molecule has 0 amide bonds. The lowest BCUT2D eigenvalue weighted by Gasteiger charge is -2.11. The zero-order chi connectivity index (χ0) is 12.1. The maximum Gasteiger partial charge on any atom is 0.0815 e. The lowest BCUT2D eigenvalue weighted by Crippen LogP contribution is -2.19. The second-order valence-electron chi connectivity index (χ2n) is 4.21. The topological polar surface area (TPSA) is 47.3 Å². The number of aliphatic hydroxyl groups is 1. The number of ether oxygens (including phenoxy) is 1. The first-order chi connectivity index (χ1) is 7.56. The van der Waals surface area contributed by atoms with Crippen molar-refractivity contribution < 1.29 is 9.84 Å². The normalized spacial score (nSPS) is 13.1. The van der Waals surface area contributed by atoms with Crippen LogP contribution in [-0.2, 0) is 18.2 Å². The first-order valence-corrected chi connectivity index (χ1v) is 5.81. The van der Waals surface area contributed by atoms with E-state index in [9.17, 15) is 5.11 Å². The largest absolute Gasteiger partial charge is 0.390 e. The second kappa shape index (κ2) is 6.01. The molecule has 0 bridgehead atoms. The molecule has 0 aromatic carbocycles. The van der Waals surface area contributed by atoms with Crippen molar-refractivity contribution in [3.8, 4) is 0 Å². The average Bonchev–Trinajstić information content (AvgIpc) is 2.46. The standard InChI is InChI=1S/C12H22N2O2/c1-5-6-16-8-11(15)7-12-9(2)13-14(4)10(12)3/h11,15H,5-8H2,1-4H3. The van der Waals surface area contributed by atoms with Gasteiger partial charge in [-0.1, -0.05) is 6.92 Å². The molecule has 0 saturated carbocycles. The molecule has 0 radical (unpaired) electrons. The molecule has 16 heavy (non-hydrogen) atoms. The molecule has 0 aliphatic heterocycles. The average molecular weight is 226 g/mol. The molecule has 1 rings (SSSR count). The number of rotatable bonds is 6. The van der Waals surface area contributed by atoms with Gasteiger partial charge in [-0.2, -0.15) is 5.10 Å². The summed E-state index contributed by atoms with van der Waals surface area (Å²) in [5.41, 5.74) is 3.25. The Morgan fingerprint density at radius 2 is 2.12 bits per heavy atom. The highest BCUT2D eigenvalue weighted by molar-refractivity contribution is 5.24. The molecule has 4 nitrogen and oxygen atoms in total. The van der Waals surface area contributed by atoms with Crippen LogP contribution in [-0.4, -0.2) is 34.2 Å². The first kappa shape index (κ1) is 13.2. The molecular formula is C12H22N2O2. The fourth-order valence-electron chi connectivity index (χ4n) is 1.77. The van der Waals surface area contributed by atoms with E-state index in [1.165, 1.54) is 0 Å². The summed E-state index contributed by atoms with van der Waals surface area (Å²) in [6.45, 7) is 7.17. The predicted molar refractivity (Wildman–Crippen MR) is 63.5 cm³/mol. The minimum Gasteiger partial charge on any atom is -0.390 e. The maximum absolute atomic E-state index is 9.83. The van der Waals surface area contributed by atoms with Gasteiger partial charge in [0.2, 0.25) is 0 Å². The van der Waals surface area contributed by atoms with Crippen LogP contribution in [0.1, 0.15) is 30.3 Å². The van der Waals surface area contributed by atoms with Crippen LogP contribution >= 0.6 is 0 Å².